The predicted octanol–water partition coefficient (Wildman–Crippen LogP) is 6.87. The predicted molar refractivity (Wildman–Crippen MR) is 233 cm³/mol. The minimum Gasteiger partial charge on any atom is -0.496 e. The molecule has 16 heteroatoms. The van der Waals surface area contributed by atoms with Crippen molar-refractivity contribution in [3.63, 3.8) is 0 Å². The first-order valence-corrected chi connectivity index (χ1v) is 21.1. The maximum Gasteiger partial charge on any atom is 0.347 e. The molecule has 0 radical (unpaired) electrons. The molecule has 6 rings (SSSR count). The van der Waals surface area contributed by atoms with Crippen LogP contribution in [-0.2, 0) is 35.4 Å². The number of halogens is 1. The highest BCUT2D eigenvalue weighted by Crippen LogP contribution is 2.36. The van der Waals surface area contributed by atoms with Crippen LogP contribution in [0.3, 0.4) is 0 Å². The fourth-order valence-corrected chi connectivity index (χ4v) is 7.84. The van der Waals surface area contributed by atoms with Gasteiger partial charge >= 0.3 is 17.9 Å². The molecule has 0 spiro atoms. The van der Waals surface area contributed by atoms with E-state index in [-0.39, 0.29) is 73.3 Å². The normalized spacial score (nSPS) is 10.9. The van der Waals surface area contributed by atoms with Crippen LogP contribution in [-0.4, -0.2) is 63.0 Å². The molecule has 0 unspecified atom stereocenters. The molecule has 0 saturated heterocycles. The summed E-state index contributed by atoms with van der Waals surface area (Å²) in [5.41, 5.74) is 2.89. The molecule has 0 aliphatic rings. The topological polar surface area (TPSA) is 201 Å². The number of esters is 3. The van der Waals surface area contributed by atoms with Crippen LogP contribution in [0.1, 0.15) is 64.5 Å². The molecule has 0 aliphatic heterocycles. The molecule has 0 aromatic heterocycles. The van der Waals surface area contributed by atoms with E-state index in [9.17, 15) is 38.1 Å². The minimum absolute atomic E-state index is 0.0223. The average Bonchev–Trinajstić information content (AvgIpc) is 3.31. The Morgan fingerprint density at radius 1 is 0.531 bits per heavy atom. The molecule has 14 nitrogen and oxygen atoms in total. The SMILES string of the molecule is COc1cc(OC)c(C(=O)Oc2ccc(S(=O)(=O)Cc3ccc(C#Cc4ccc(OC(=O)c5ccc(OC(=O)c6cc(CO)c(CO)cc6CO)cc5)cc4)cc3)cc2Cl)cc1OC. The number of methoxy groups -OCH3 is 3. The van der Waals surface area contributed by atoms with E-state index in [1.165, 1.54) is 88.1 Å². The number of benzene rings is 6. The molecule has 64 heavy (non-hydrogen) atoms. The fraction of sp³-hybridized carbons (Fsp3) is 0.146. The van der Waals surface area contributed by atoms with Crippen molar-refractivity contribution in [2.75, 3.05) is 21.3 Å². The second kappa shape index (κ2) is 20.8. The van der Waals surface area contributed by atoms with Crippen LogP contribution in [0.15, 0.2) is 120 Å². The summed E-state index contributed by atoms with van der Waals surface area (Å²) in [6.45, 7) is -1.30. The van der Waals surface area contributed by atoms with E-state index in [0.717, 1.165) is 0 Å². The molecule has 0 fully saturated rings. The number of rotatable bonds is 15. The summed E-state index contributed by atoms with van der Waals surface area (Å²) in [6, 6.07) is 28.3. The van der Waals surface area contributed by atoms with E-state index < -0.39 is 41.0 Å². The molecule has 0 bridgehead atoms. The third-order valence-electron chi connectivity index (χ3n) is 9.57. The monoisotopic (exact) mass is 906 g/mol. The van der Waals surface area contributed by atoms with Gasteiger partial charge < -0.3 is 43.7 Å². The van der Waals surface area contributed by atoms with Crippen LogP contribution in [0.25, 0.3) is 0 Å². The minimum atomic E-state index is -3.87. The second-order valence-corrected chi connectivity index (χ2v) is 16.1. The van der Waals surface area contributed by atoms with E-state index in [2.05, 4.69) is 11.8 Å². The lowest BCUT2D eigenvalue weighted by atomic mass is 9.99. The molecular formula is C48H39ClO14S. The van der Waals surface area contributed by atoms with Gasteiger partial charge in [-0.25, -0.2) is 22.8 Å². The zero-order valence-electron chi connectivity index (χ0n) is 34.4. The number of hydrogen-bond donors (Lipinski definition) is 3. The zero-order chi connectivity index (χ0) is 46.0. The van der Waals surface area contributed by atoms with Crippen molar-refractivity contribution in [1.29, 1.82) is 0 Å². The van der Waals surface area contributed by atoms with Gasteiger partial charge in [-0.2, -0.15) is 0 Å². The Labute approximate surface area is 373 Å². The first-order valence-electron chi connectivity index (χ1n) is 19.1. The third kappa shape index (κ3) is 11.1. The van der Waals surface area contributed by atoms with Crippen LogP contribution in [0.4, 0.5) is 0 Å². The van der Waals surface area contributed by atoms with Crippen molar-refractivity contribution in [1.82, 2.24) is 0 Å². The summed E-state index contributed by atoms with van der Waals surface area (Å²) >= 11 is 6.38. The lowest BCUT2D eigenvalue weighted by molar-refractivity contribution is 0.0719. The molecule has 0 aliphatic carbocycles. The Morgan fingerprint density at radius 2 is 1.05 bits per heavy atom. The average molecular weight is 907 g/mol. The zero-order valence-corrected chi connectivity index (χ0v) is 36.0. The molecule has 6 aromatic rings. The summed E-state index contributed by atoms with van der Waals surface area (Å²) in [4.78, 5) is 38.7. The van der Waals surface area contributed by atoms with Crippen LogP contribution < -0.4 is 28.4 Å². The summed E-state index contributed by atoms with van der Waals surface area (Å²) < 4.78 is 58.9. The van der Waals surface area contributed by atoms with E-state index in [1.807, 2.05) is 0 Å². The van der Waals surface area contributed by atoms with Gasteiger partial charge in [0, 0.05) is 23.3 Å². The van der Waals surface area contributed by atoms with E-state index in [0.29, 0.717) is 33.6 Å². The van der Waals surface area contributed by atoms with Gasteiger partial charge in [0.05, 0.1) is 67.9 Å². The molecular weight excluding hydrogens is 868 g/mol. The highest BCUT2D eigenvalue weighted by Gasteiger charge is 2.23. The van der Waals surface area contributed by atoms with Crippen molar-refractivity contribution in [3.05, 3.63) is 170 Å². The molecule has 0 amide bonds. The van der Waals surface area contributed by atoms with E-state index in [1.54, 1.807) is 48.5 Å². The van der Waals surface area contributed by atoms with E-state index >= 15 is 0 Å². The number of carbonyl (C=O) groups excluding carboxylic acids is 3. The highest BCUT2D eigenvalue weighted by molar-refractivity contribution is 7.90. The van der Waals surface area contributed by atoms with Crippen molar-refractivity contribution in [2.45, 2.75) is 30.5 Å². The molecule has 0 atom stereocenters. The van der Waals surface area contributed by atoms with Crippen LogP contribution >= 0.6 is 11.6 Å². The molecule has 3 N–H and O–H groups in total. The van der Waals surface area contributed by atoms with Crippen LogP contribution in [0.2, 0.25) is 5.02 Å². The van der Waals surface area contributed by atoms with Crippen molar-refractivity contribution in [2.24, 2.45) is 0 Å². The maximum atomic E-state index is 13.3. The summed E-state index contributed by atoms with van der Waals surface area (Å²) in [5.74, 6) is 4.52. The van der Waals surface area contributed by atoms with Gasteiger partial charge in [-0.05, 0) is 113 Å². The summed E-state index contributed by atoms with van der Waals surface area (Å²) in [7, 11) is 0.364. The van der Waals surface area contributed by atoms with Crippen molar-refractivity contribution < 1.29 is 66.5 Å². The largest absolute Gasteiger partial charge is 0.496 e. The van der Waals surface area contributed by atoms with Gasteiger partial charge in [-0.15, -0.1) is 0 Å². The summed E-state index contributed by atoms with van der Waals surface area (Å²) in [5, 5.41) is 28.7. The van der Waals surface area contributed by atoms with E-state index in [4.69, 9.17) is 40.0 Å². The van der Waals surface area contributed by atoms with Crippen LogP contribution in [0.5, 0.6) is 34.5 Å². The van der Waals surface area contributed by atoms with Crippen LogP contribution in [0, 0.1) is 11.8 Å². The Kier molecular flexibility index (Phi) is 15.0. The molecule has 0 heterocycles. The molecule has 0 saturated carbocycles. The summed E-state index contributed by atoms with van der Waals surface area (Å²) in [6.07, 6.45) is 0. The maximum absolute atomic E-state index is 13.3. The quantitative estimate of drug-likeness (QED) is 0.0547. The standard InChI is InChI=1S/C48H39ClO14S/c1-58-43-24-45(60-3)44(59-2)23-40(43)48(55)63-42-19-18-38(22-41(42)49)64(56,57)28-31-8-6-29(7-9-31)4-5-30-10-14-36(15-11-30)61-46(53)32-12-16-37(17-13-32)62-47(54)39-21-34(26-51)33(25-50)20-35(39)27-52/h6-24,50-52H,25-28H2,1-3H3. The van der Waals surface area contributed by atoms with Gasteiger partial charge in [0.2, 0.25) is 0 Å². The number of aliphatic hydroxyl groups is 3. The molecule has 328 valence electrons. The highest BCUT2D eigenvalue weighted by atomic mass is 35.5. The van der Waals surface area contributed by atoms with Gasteiger partial charge in [0.15, 0.2) is 21.3 Å². The first kappa shape index (κ1) is 46.3. The van der Waals surface area contributed by atoms with Gasteiger partial charge in [0.25, 0.3) is 0 Å². The Bertz CT molecular complexity index is 2870. The Morgan fingerprint density at radius 3 is 1.61 bits per heavy atom. The van der Waals surface area contributed by atoms with Gasteiger partial charge in [-0.1, -0.05) is 35.6 Å². The number of sulfone groups is 1. The third-order valence-corrected chi connectivity index (χ3v) is 11.6. The number of aliphatic hydroxyl groups excluding tert-OH is 3. The second-order valence-electron chi connectivity index (χ2n) is 13.7. The van der Waals surface area contributed by atoms with Gasteiger partial charge in [0.1, 0.15) is 28.6 Å². The lowest BCUT2D eigenvalue weighted by Gasteiger charge is -2.14. The van der Waals surface area contributed by atoms with Gasteiger partial charge in [-0.3, -0.25) is 0 Å². The number of hydrogen-bond acceptors (Lipinski definition) is 14. The Balaban J connectivity index is 1.02. The number of carbonyl (C=O) groups is 3. The smallest absolute Gasteiger partial charge is 0.347 e. The lowest BCUT2D eigenvalue weighted by Crippen LogP contribution is -2.14. The first-order chi connectivity index (χ1) is 30.8. The van der Waals surface area contributed by atoms with Crippen molar-refractivity contribution >= 4 is 39.3 Å². The molecule has 6 aromatic carbocycles. The Hall–Kier alpha value is -7.19. The number of ether oxygens (including phenoxy) is 6. The fourth-order valence-electron chi connectivity index (χ4n) is 6.18. The van der Waals surface area contributed by atoms with Crippen molar-refractivity contribution in [3.8, 4) is 46.3 Å².